The smallest absolute Gasteiger partial charge is 0.308 e. The summed E-state index contributed by atoms with van der Waals surface area (Å²) in [7, 11) is 0. The molecule has 0 unspecified atom stereocenters. The average Bonchev–Trinajstić information content (AvgIpc) is 3.44. The van der Waals surface area contributed by atoms with Gasteiger partial charge in [0.2, 0.25) is 0 Å². The highest BCUT2D eigenvalue weighted by atomic mass is 16.5. The zero-order chi connectivity index (χ0) is 24.8. The maximum absolute atomic E-state index is 11.7. The number of H-pyrrole nitrogens is 1. The number of fused-ring (bicyclic) bond motifs is 3. The van der Waals surface area contributed by atoms with Crippen LogP contribution in [-0.2, 0) is 25.8 Å². The highest BCUT2D eigenvalue weighted by Crippen LogP contribution is 2.38. The van der Waals surface area contributed by atoms with Crippen LogP contribution < -0.4 is 5.76 Å². The van der Waals surface area contributed by atoms with Crippen molar-refractivity contribution in [1.82, 2.24) is 24.7 Å². The molecule has 7 nitrogen and oxygen atoms in total. The zero-order valence-electron chi connectivity index (χ0n) is 20.6. The number of hydrogen-bond donors (Lipinski definition) is 1. The number of aryl methyl sites for hydroxylation is 4. The van der Waals surface area contributed by atoms with E-state index in [9.17, 15) is 4.79 Å². The van der Waals surface area contributed by atoms with Gasteiger partial charge in [-0.25, -0.2) is 14.8 Å². The molecule has 2 aromatic carbocycles. The Balaban J connectivity index is 1.49. The maximum atomic E-state index is 11.7. The number of aromatic nitrogens is 5. The number of benzene rings is 2. The van der Waals surface area contributed by atoms with Crippen LogP contribution in [0.25, 0.3) is 22.3 Å². The van der Waals surface area contributed by atoms with Gasteiger partial charge in [-0.2, -0.15) is 0 Å². The molecule has 0 radical (unpaired) electrons. The molecule has 0 saturated heterocycles. The first-order valence-corrected chi connectivity index (χ1v) is 12.3. The Morgan fingerprint density at radius 3 is 2.69 bits per heavy atom. The van der Waals surface area contributed by atoms with Crippen molar-refractivity contribution in [2.75, 3.05) is 0 Å². The van der Waals surface area contributed by atoms with Crippen molar-refractivity contribution < 1.29 is 4.52 Å². The summed E-state index contributed by atoms with van der Waals surface area (Å²) in [5.41, 5.74) is 11.1. The van der Waals surface area contributed by atoms with Crippen molar-refractivity contribution in [2.24, 2.45) is 0 Å². The SMILES string of the molecule is CCc1nc2c(C)ccnc2n1Cc1ccc2c(c1)CCc1ccccc1/C2=C(/C)c1noc(=O)[nH]1. The first kappa shape index (κ1) is 22.2. The third-order valence-corrected chi connectivity index (χ3v) is 7.13. The number of allylic oxidation sites excluding steroid dienone is 1. The maximum Gasteiger partial charge on any atom is 0.439 e. The largest absolute Gasteiger partial charge is 0.439 e. The highest BCUT2D eigenvalue weighted by Gasteiger charge is 2.22. The van der Waals surface area contributed by atoms with E-state index in [2.05, 4.69) is 76.0 Å². The Morgan fingerprint density at radius 1 is 1.08 bits per heavy atom. The summed E-state index contributed by atoms with van der Waals surface area (Å²) in [5.74, 6) is 0.951. The minimum Gasteiger partial charge on any atom is -0.308 e. The third kappa shape index (κ3) is 3.68. The molecular weight excluding hydrogens is 450 g/mol. The van der Waals surface area contributed by atoms with Gasteiger partial charge in [0.05, 0.1) is 6.54 Å². The molecule has 0 amide bonds. The van der Waals surface area contributed by atoms with E-state index in [1.165, 1.54) is 22.3 Å². The molecule has 3 heterocycles. The van der Waals surface area contributed by atoms with Crippen molar-refractivity contribution in [1.29, 1.82) is 0 Å². The molecule has 1 aliphatic carbocycles. The monoisotopic (exact) mass is 477 g/mol. The topological polar surface area (TPSA) is 89.6 Å². The predicted molar refractivity (Wildman–Crippen MR) is 140 cm³/mol. The molecule has 1 aliphatic rings. The molecule has 0 spiro atoms. The second-order valence-corrected chi connectivity index (χ2v) is 9.36. The average molecular weight is 478 g/mol. The Labute approximate surface area is 208 Å². The van der Waals surface area contributed by atoms with Gasteiger partial charge in [0, 0.05) is 18.2 Å². The van der Waals surface area contributed by atoms with E-state index in [1.54, 1.807) is 0 Å². The molecule has 0 atom stereocenters. The van der Waals surface area contributed by atoms with Crippen LogP contribution in [0.4, 0.5) is 0 Å². The first-order chi connectivity index (χ1) is 17.5. The quantitative estimate of drug-likeness (QED) is 0.389. The fourth-order valence-electron chi connectivity index (χ4n) is 5.31. The van der Waals surface area contributed by atoms with Crippen molar-refractivity contribution in [2.45, 2.75) is 46.6 Å². The number of rotatable bonds is 4. The van der Waals surface area contributed by atoms with Gasteiger partial charge in [-0.15, -0.1) is 0 Å². The number of hydrogen-bond acceptors (Lipinski definition) is 5. The number of nitrogens with one attached hydrogen (secondary N) is 1. The van der Waals surface area contributed by atoms with Gasteiger partial charge < -0.3 is 4.57 Å². The lowest BCUT2D eigenvalue weighted by molar-refractivity contribution is 0.385. The molecule has 180 valence electrons. The normalized spacial score (nSPS) is 14.4. The third-order valence-electron chi connectivity index (χ3n) is 7.13. The van der Waals surface area contributed by atoms with E-state index in [0.717, 1.165) is 58.5 Å². The minimum atomic E-state index is -0.550. The van der Waals surface area contributed by atoms with E-state index < -0.39 is 5.76 Å². The number of pyridine rings is 1. The van der Waals surface area contributed by atoms with Crippen LogP contribution in [0.3, 0.4) is 0 Å². The van der Waals surface area contributed by atoms with Gasteiger partial charge in [0.15, 0.2) is 11.5 Å². The van der Waals surface area contributed by atoms with Crippen LogP contribution in [0.5, 0.6) is 0 Å². The van der Waals surface area contributed by atoms with Crippen molar-refractivity contribution in [3.63, 3.8) is 0 Å². The molecule has 36 heavy (non-hydrogen) atoms. The highest BCUT2D eigenvalue weighted by molar-refractivity contribution is 5.98. The fraction of sp³-hybridized carbons (Fsp3) is 0.241. The Bertz CT molecular complexity index is 1700. The molecule has 0 saturated carbocycles. The first-order valence-electron chi connectivity index (χ1n) is 12.3. The second-order valence-electron chi connectivity index (χ2n) is 9.36. The van der Waals surface area contributed by atoms with Gasteiger partial charge in [-0.05, 0) is 71.7 Å². The van der Waals surface area contributed by atoms with E-state index in [-0.39, 0.29) is 0 Å². The lowest BCUT2D eigenvalue weighted by Crippen LogP contribution is -2.06. The molecule has 0 bridgehead atoms. The summed E-state index contributed by atoms with van der Waals surface area (Å²) >= 11 is 0. The van der Waals surface area contributed by atoms with Gasteiger partial charge in [0.25, 0.3) is 0 Å². The van der Waals surface area contributed by atoms with E-state index in [4.69, 9.17) is 9.51 Å². The summed E-state index contributed by atoms with van der Waals surface area (Å²) in [4.78, 5) is 23.9. The minimum absolute atomic E-state index is 0.459. The Hall–Kier alpha value is -4.26. The summed E-state index contributed by atoms with van der Waals surface area (Å²) in [5, 5.41) is 3.97. The zero-order valence-corrected chi connectivity index (χ0v) is 20.6. The van der Waals surface area contributed by atoms with Crippen LogP contribution in [0, 0.1) is 6.92 Å². The van der Waals surface area contributed by atoms with Crippen LogP contribution in [0.1, 0.15) is 58.9 Å². The molecule has 7 heteroatoms. The Kier molecular flexibility index (Phi) is 5.40. The van der Waals surface area contributed by atoms with Crippen LogP contribution >= 0.6 is 0 Å². The predicted octanol–water partition coefficient (Wildman–Crippen LogP) is 5.10. The van der Waals surface area contributed by atoms with Crippen LogP contribution in [0.2, 0.25) is 0 Å². The molecular formula is C29H27N5O2. The van der Waals surface area contributed by atoms with Gasteiger partial charge >= 0.3 is 5.76 Å². The van der Waals surface area contributed by atoms with Crippen molar-refractivity contribution in [3.8, 4) is 0 Å². The number of imidazole rings is 1. The van der Waals surface area contributed by atoms with Crippen molar-refractivity contribution >= 4 is 22.3 Å². The second kappa shape index (κ2) is 8.75. The van der Waals surface area contributed by atoms with Crippen LogP contribution in [0.15, 0.2) is 64.0 Å². The molecule has 0 aliphatic heterocycles. The van der Waals surface area contributed by atoms with E-state index in [1.807, 2.05) is 19.2 Å². The molecule has 1 N–H and O–H groups in total. The van der Waals surface area contributed by atoms with Gasteiger partial charge in [0.1, 0.15) is 11.3 Å². The summed E-state index contributed by atoms with van der Waals surface area (Å²) in [6.45, 7) is 6.92. The lowest BCUT2D eigenvalue weighted by Gasteiger charge is -2.16. The summed E-state index contributed by atoms with van der Waals surface area (Å²) in [6, 6.07) is 17.2. The standard InChI is InChI=1S/C29H27N5O2/c1-4-24-31-26-17(2)13-14-30-28(26)34(24)16-19-9-12-23-21(15-19)11-10-20-7-5-6-8-22(20)25(23)18(3)27-32-29(35)36-33-27/h5-9,12-15H,4,10-11,16H2,1-3H3,(H,32,33,35)/b25-18+. The number of aromatic amines is 1. The van der Waals surface area contributed by atoms with Crippen LogP contribution in [-0.4, -0.2) is 24.7 Å². The van der Waals surface area contributed by atoms with Gasteiger partial charge in [-0.1, -0.05) is 54.5 Å². The van der Waals surface area contributed by atoms with E-state index in [0.29, 0.717) is 12.4 Å². The van der Waals surface area contributed by atoms with Crippen molar-refractivity contribution in [3.05, 3.63) is 110 Å². The molecule has 6 rings (SSSR count). The van der Waals surface area contributed by atoms with Gasteiger partial charge in [-0.3, -0.25) is 9.51 Å². The number of nitrogens with zero attached hydrogens (tertiary/aromatic N) is 4. The Morgan fingerprint density at radius 2 is 1.89 bits per heavy atom. The molecule has 0 fully saturated rings. The molecule has 3 aromatic heterocycles. The fourth-order valence-corrected chi connectivity index (χ4v) is 5.31. The summed E-state index contributed by atoms with van der Waals surface area (Å²) < 4.78 is 7.05. The van der Waals surface area contributed by atoms with E-state index >= 15 is 0 Å². The summed E-state index contributed by atoms with van der Waals surface area (Å²) in [6.07, 6.45) is 4.57. The molecule has 5 aromatic rings. The lowest BCUT2D eigenvalue weighted by atomic mass is 9.89.